The number of imidazole rings is 1. The molecule has 1 aliphatic carbocycles. The zero-order chi connectivity index (χ0) is 11.1. The van der Waals surface area contributed by atoms with E-state index in [2.05, 4.69) is 18.8 Å². The zero-order valence-corrected chi connectivity index (χ0v) is 9.82. The fourth-order valence-electron chi connectivity index (χ4n) is 2.38. The van der Waals surface area contributed by atoms with Crippen LogP contribution in [0.5, 0.6) is 0 Å². The smallest absolute Gasteiger partial charge is 0.140 e. The molecule has 0 unspecified atom stereocenters. The molecular formula is C12H20N2O. The van der Waals surface area contributed by atoms with Gasteiger partial charge in [-0.1, -0.05) is 13.8 Å². The molecule has 0 aliphatic heterocycles. The van der Waals surface area contributed by atoms with Gasteiger partial charge < -0.3 is 9.67 Å². The van der Waals surface area contributed by atoms with Crippen molar-refractivity contribution >= 4 is 0 Å². The lowest BCUT2D eigenvalue weighted by Crippen LogP contribution is -2.36. The molecule has 0 amide bonds. The standard InChI is InChI=1S/C12H20N2O/c1-11(2)4-6-12(15,7-5-11)10-13-8-9-14(10)3/h8-9,15H,4-7H2,1-3H3. The van der Waals surface area contributed by atoms with Crippen LogP contribution in [0.25, 0.3) is 0 Å². The second-order valence-electron chi connectivity index (χ2n) is 5.56. The fourth-order valence-corrected chi connectivity index (χ4v) is 2.38. The van der Waals surface area contributed by atoms with Crippen LogP contribution in [0.15, 0.2) is 12.4 Å². The van der Waals surface area contributed by atoms with Crippen LogP contribution >= 0.6 is 0 Å². The van der Waals surface area contributed by atoms with Crippen LogP contribution in [0.1, 0.15) is 45.4 Å². The average molecular weight is 208 g/mol. The van der Waals surface area contributed by atoms with E-state index >= 15 is 0 Å². The molecule has 1 aromatic heterocycles. The van der Waals surface area contributed by atoms with Crippen molar-refractivity contribution in [2.75, 3.05) is 0 Å². The maximum Gasteiger partial charge on any atom is 0.140 e. The molecule has 0 radical (unpaired) electrons. The van der Waals surface area contributed by atoms with E-state index in [1.165, 1.54) is 0 Å². The van der Waals surface area contributed by atoms with Crippen LogP contribution in [0.2, 0.25) is 0 Å². The SMILES string of the molecule is Cn1ccnc1C1(O)CCC(C)(C)CC1. The first-order valence-electron chi connectivity index (χ1n) is 5.63. The third-order valence-electron chi connectivity index (χ3n) is 3.67. The highest BCUT2D eigenvalue weighted by atomic mass is 16.3. The van der Waals surface area contributed by atoms with Gasteiger partial charge in [0, 0.05) is 19.4 Å². The topological polar surface area (TPSA) is 38.0 Å². The molecule has 0 atom stereocenters. The lowest BCUT2D eigenvalue weighted by molar-refractivity contribution is -0.0395. The quantitative estimate of drug-likeness (QED) is 0.768. The Morgan fingerprint density at radius 2 is 1.87 bits per heavy atom. The van der Waals surface area contributed by atoms with Crippen molar-refractivity contribution in [2.24, 2.45) is 12.5 Å². The van der Waals surface area contributed by atoms with Crippen molar-refractivity contribution in [1.29, 1.82) is 0 Å². The van der Waals surface area contributed by atoms with Gasteiger partial charge in [-0.05, 0) is 31.1 Å². The molecule has 1 aliphatic rings. The summed E-state index contributed by atoms with van der Waals surface area (Å²) in [6.45, 7) is 4.54. The zero-order valence-electron chi connectivity index (χ0n) is 9.82. The Kier molecular flexibility index (Phi) is 2.38. The Morgan fingerprint density at radius 3 is 2.33 bits per heavy atom. The monoisotopic (exact) mass is 208 g/mol. The van der Waals surface area contributed by atoms with E-state index in [1.54, 1.807) is 6.20 Å². The molecular weight excluding hydrogens is 188 g/mol. The summed E-state index contributed by atoms with van der Waals surface area (Å²) in [6.07, 6.45) is 7.43. The van der Waals surface area contributed by atoms with Gasteiger partial charge in [-0.25, -0.2) is 4.98 Å². The number of aliphatic hydroxyl groups is 1. The molecule has 1 saturated carbocycles. The van der Waals surface area contributed by atoms with Crippen molar-refractivity contribution in [3.63, 3.8) is 0 Å². The number of aryl methyl sites for hydroxylation is 1. The van der Waals surface area contributed by atoms with Gasteiger partial charge in [0.2, 0.25) is 0 Å². The summed E-state index contributed by atoms with van der Waals surface area (Å²) >= 11 is 0. The Hall–Kier alpha value is -0.830. The largest absolute Gasteiger partial charge is 0.382 e. The summed E-state index contributed by atoms with van der Waals surface area (Å²) in [5, 5.41) is 10.6. The molecule has 1 aromatic rings. The van der Waals surface area contributed by atoms with E-state index in [0.29, 0.717) is 5.41 Å². The summed E-state index contributed by atoms with van der Waals surface area (Å²) < 4.78 is 1.93. The molecule has 3 heteroatoms. The molecule has 84 valence electrons. The van der Waals surface area contributed by atoms with Crippen LogP contribution in [0, 0.1) is 5.41 Å². The van der Waals surface area contributed by atoms with Gasteiger partial charge in [-0.3, -0.25) is 0 Å². The van der Waals surface area contributed by atoms with Gasteiger partial charge in [-0.2, -0.15) is 0 Å². The Balaban J connectivity index is 2.20. The third kappa shape index (κ3) is 1.93. The van der Waals surface area contributed by atoms with Gasteiger partial charge in [0.1, 0.15) is 11.4 Å². The van der Waals surface area contributed by atoms with E-state index in [9.17, 15) is 5.11 Å². The van der Waals surface area contributed by atoms with Crippen molar-refractivity contribution in [2.45, 2.75) is 45.1 Å². The molecule has 1 fully saturated rings. The van der Waals surface area contributed by atoms with Crippen LogP contribution < -0.4 is 0 Å². The summed E-state index contributed by atoms with van der Waals surface area (Å²) in [5.74, 6) is 0.818. The predicted molar refractivity (Wildman–Crippen MR) is 59.4 cm³/mol. The number of rotatable bonds is 1. The summed E-state index contributed by atoms with van der Waals surface area (Å²) in [7, 11) is 1.94. The molecule has 0 aromatic carbocycles. The van der Waals surface area contributed by atoms with E-state index in [1.807, 2.05) is 17.8 Å². The molecule has 15 heavy (non-hydrogen) atoms. The molecule has 3 nitrogen and oxygen atoms in total. The number of nitrogens with zero attached hydrogens (tertiary/aromatic N) is 2. The Morgan fingerprint density at radius 1 is 1.27 bits per heavy atom. The van der Waals surface area contributed by atoms with Crippen molar-refractivity contribution in [3.8, 4) is 0 Å². The highest BCUT2D eigenvalue weighted by Crippen LogP contribution is 2.44. The van der Waals surface area contributed by atoms with E-state index in [-0.39, 0.29) is 0 Å². The highest BCUT2D eigenvalue weighted by molar-refractivity contribution is 5.07. The first-order valence-corrected chi connectivity index (χ1v) is 5.63. The first kappa shape index (κ1) is 10.7. The first-order chi connectivity index (χ1) is 6.93. The Labute approximate surface area is 91.1 Å². The van der Waals surface area contributed by atoms with E-state index in [0.717, 1.165) is 31.5 Å². The highest BCUT2D eigenvalue weighted by Gasteiger charge is 2.40. The van der Waals surface area contributed by atoms with Crippen LogP contribution in [-0.2, 0) is 12.6 Å². The van der Waals surface area contributed by atoms with Gasteiger partial charge >= 0.3 is 0 Å². The van der Waals surface area contributed by atoms with Crippen molar-refractivity contribution in [1.82, 2.24) is 9.55 Å². The summed E-state index contributed by atoms with van der Waals surface area (Å²) in [6, 6.07) is 0. The molecule has 2 rings (SSSR count). The average Bonchev–Trinajstić information content (AvgIpc) is 2.58. The normalized spacial score (nSPS) is 24.0. The maximum absolute atomic E-state index is 10.6. The van der Waals surface area contributed by atoms with Gasteiger partial charge in [0.15, 0.2) is 0 Å². The van der Waals surface area contributed by atoms with Crippen molar-refractivity contribution in [3.05, 3.63) is 18.2 Å². The minimum absolute atomic E-state index is 0.372. The summed E-state index contributed by atoms with van der Waals surface area (Å²) in [4.78, 5) is 4.27. The molecule has 1 heterocycles. The minimum atomic E-state index is -0.701. The van der Waals surface area contributed by atoms with E-state index in [4.69, 9.17) is 0 Å². The lowest BCUT2D eigenvalue weighted by Gasteiger charge is -2.39. The van der Waals surface area contributed by atoms with Gasteiger partial charge in [0.05, 0.1) is 0 Å². The van der Waals surface area contributed by atoms with Crippen LogP contribution in [0.3, 0.4) is 0 Å². The van der Waals surface area contributed by atoms with Gasteiger partial charge in [-0.15, -0.1) is 0 Å². The van der Waals surface area contributed by atoms with Crippen LogP contribution in [-0.4, -0.2) is 14.7 Å². The Bertz CT molecular complexity index is 344. The minimum Gasteiger partial charge on any atom is -0.382 e. The molecule has 1 N–H and O–H groups in total. The lowest BCUT2D eigenvalue weighted by atomic mass is 9.70. The number of aromatic nitrogens is 2. The number of hydrogen-bond acceptors (Lipinski definition) is 2. The molecule has 0 saturated heterocycles. The number of hydrogen-bond donors (Lipinski definition) is 1. The van der Waals surface area contributed by atoms with Crippen LogP contribution in [0.4, 0.5) is 0 Å². The maximum atomic E-state index is 10.6. The molecule has 0 bridgehead atoms. The second kappa shape index (κ2) is 3.34. The fraction of sp³-hybridized carbons (Fsp3) is 0.750. The molecule has 0 spiro atoms. The third-order valence-corrected chi connectivity index (χ3v) is 3.67. The van der Waals surface area contributed by atoms with E-state index < -0.39 is 5.60 Å². The van der Waals surface area contributed by atoms with Crippen molar-refractivity contribution < 1.29 is 5.11 Å². The van der Waals surface area contributed by atoms with Gasteiger partial charge in [0.25, 0.3) is 0 Å². The second-order valence-corrected chi connectivity index (χ2v) is 5.56. The summed E-state index contributed by atoms with van der Waals surface area (Å²) in [5.41, 5.74) is -0.328. The predicted octanol–water partition coefficient (Wildman–Crippen LogP) is 2.21.